The third kappa shape index (κ3) is 2.49. The van der Waals surface area contributed by atoms with Gasteiger partial charge in [-0.2, -0.15) is 0 Å². The number of hydrogen-bond donors (Lipinski definition) is 2. The topological polar surface area (TPSA) is 45.1 Å². The molecular formula is C17H16N2O. The van der Waals surface area contributed by atoms with Crippen molar-refractivity contribution in [3.8, 4) is 0 Å². The highest BCUT2D eigenvalue weighted by molar-refractivity contribution is 5.93. The number of pyridine rings is 1. The predicted octanol–water partition coefficient (Wildman–Crippen LogP) is 3.78. The summed E-state index contributed by atoms with van der Waals surface area (Å²) in [5.41, 5.74) is 4.85. The number of anilines is 2. The number of fused-ring (bicyclic) bond motifs is 1. The average molecular weight is 264 g/mol. The first-order valence-corrected chi connectivity index (χ1v) is 6.59. The van der Waals surface area contributed by atoms with Crippen molar-refractivity contribution in [3.05, 3.63) is 65.9 Å². The van der Waals surface area contributed by atoms with Crippen molar-refractivity contribution >= 4 is 22.3 Å². The Kier molecular flexibility index (Phi) is 3.35. The summed E-state index contributed by atoms with van der Waals surface area (Å²) in [7, 11) is 0. The zero-order valence-electron chi connectivity index (χ0n) is 11.3. The third-order valence-electron chi connectivity index (χ3n) is 3.23. The molecule has 0 fully saturated rings. The summed E-state index contributed by atoms with van der Waals surface area (Å²) in [6, 6.07) is 17.9. The Morgan fingerprint density at radius 1 is 1.05 bits per heavy atom. The van der Waals surface area contributed by atoms with E-state index in [1.807, 2.05) is 55.5 Å². The number of nitrogens with zero attached hydrogens (tertiary/aromatic N) is 1. The van der Waals surface area contributed by atoms with Gasteiger partial charge in [0.25, 0.3) is 0 Å². The lowest BCUT2D eigenvalue weighted by atomic mass is 10.1. The lowest BCUT2D eigenvalue weighted by Crippen LogP contribution is -1.95. The second-order valence-electron chi connectivity index (χ2n) is 4.81. The maximum absolute atomic E-state index is 9.21. The molecule has 2 N–H and O–H groups in total. The molecule has 3 rings (SSSR count). The maximum atomic E-state index is 9.21. The molecule has 0 unspecified atom stereocenters. The molecule has 0 saturated carbocycles. The molecule has 100 valence electrons. The summed E-state index contributed by atoms with van der Waals surface area (Å²) >= 11 is 0. The van der Waals surface area contributed by atoms with Crippen LogP contribution < -0.4 is 5.32 Å². The van der Waals surface area contributed by atoms with E-state index in [4.69, 9.17) is 0 Å². The molecule has 0 saturated heterocycles. The molecule has 1 heterocycles. The van der Waals surface area contributed by atoms with Gasteiger partial charge in [0, 0.05) is 22.5 Å². The number of aliphatic hydroxyl groups excluding tert-OH is 1. The summed E-state index contributed by atoms with van der Waals surface area (Å²) in [6.45, 7) is 2.04. The van der Waals surface area contributed by atoms with E-state index in [1.54, 1.807) is 0 Å². The minimum Gasteiger partial charge on any atom is -0.392 e. The van der Waals surface area contributed by atoms with Gasteiger partial charge in [0.15, 0.2) is 0 Å². The van der Waals surface area contributed by atoms with Gasteiger partial charge in [0.1, 0.15) is 0 Å². The fourth-order valence-electron chi connectivity index (χ4n) is 2.31. The molecule has 0 spiro atoms. The van der Waals surface area contributed by atoms with E-state index in [0.29, 0.717) is 0 Å². The molecule has 0 atom stereocenters. The molecule has 0 aliphatic carbocycles. The Labute approximate surface area is 117 Å². The van der Waals surface area contributed by atoms with Crippen molar-refractivity contribution in [1.29, 1.82) is 0 Å². The van der Waals surface area contributed by atoms with Gasteiger partial charge in [-0.1, -0.05) is 30.3 Å². The Morgan fingerprint density at radius 2 is 1.90 bits per heavy atom. The molecule has 0 aliphatic rings. The van der Waals surface area contributed by atoms with Crippen LogP contribution in [-0.4, -0.2) is 10.1 Å². The van der Waals surface area contributed by atoms with Gasteiger partial charge in [0.05, 0.1) is 12.1 Å². The van der Waals surface area contributed by atoms with Crippen LogP contribution in [0.2, 0.25) is 0 Å². The van der Waals surface area contributed by atoms with Gasteiger partial charge in [-0.3, -0.25) is 4.98 Å². The fraction of sp³-hybridized carbons (Fsp3) is 0.118. The minimum absolute atomic E-state index is 0.0473. The summed E-state index contributed by atoms with van der Waals surface area (Å²) in [6.07, 6.45) is 0. The van der Waals surface area contributed by atoms with E-state index in [1.165, 1.54) is 0 Å². The highest BCUT2D eigenvalue weighted by Gasteiger charge is 2.04. The van der Waals surface area contributed by atoms with Gasteiger partial charge < -0.3 is 10.4 Å². The molecule has 0 aliphatic heterocycles. The van der Waals surface area contributed by atoms with E-state index >= 15 is 0 Å². The highest BCUT2D eigenvalue weighted by Crippen LogP contribution is 2.26. The second-order valence-corrected chi connectivity index (χ2v) is 4.81. The number of aryl methyl sites for hydroxylation is 1. The van der Waals surface area contributed by atoms with Gasteiger partial charge in [-0.25, -0.2) is 0 Å². The van der Waals surface area contributed by atoms with Crippen LogP contribution in [0.4, 0.5) is 11.4 Å². The quantitative estimate of drug-likeness (QED) is 0.756. The minimum atomic E-state index is 0.0473. The Bertz CT molecular complexity index is 753. The van der Waals surface area contributed by atoms with Gasteiger partial charge in [-0.15, -0.1) is 0 Å². The van der Waals surface area contributed by atoms with Crippen LogP contribution in [0.1, 0.15) is 11.3 Å². The summed E-state index contributed by atoms with van der Waals surface area (Å²) in [4.78, 5) is 4.53. The van der Waals surface area contributed by atoms with Crippen molar-refractivity contribution in [3.63, 3.8) is 0 Å². The molecule has 0 amide bonds. The average Bonchev–Trinajstić information content (AvgIpc) is 2.47. The third-order valence-corrected chi connectivity index (χ3v) is 3.23. The van der Waals surface area contributed by atoms with Crippen LogP contribution in [0, 0.1) is 6.92 Å². The molecule has 3 heteroatoms. The SMILES string of the molecule is Cc1cc(Nc2cccc(CO)c2)c2ccccc2n1. The lowest BCUT2D eigenvalue weighted by molar-refractivity contribution is 0.282. The number of hydrogen-bond acceptors (Lipinski definition) is 3. The Hall–Kier alpha value is -2.39. The Balaban J connectivity index is 2.05. The van der Waals surface area contributed by atoms with Crippen LogP contribution in [0.3, 0.4) is 0 Å². The lowest BCUT2D eigenvalue weighted by Gasteiger charge is -2.11. The summed E-state index contributed by atoms with van der Waals surface area (Å²) in [5, 5.41) is 13.7. The molecule has 20 heavy (non-hydrogen) atoms. The predicted molar refractivity (Wildman–Crippen MR) is 82.1 cm³/mol. The molecule has 3 aromatic rings. The van der Waals surface area contributed by atoms with Gasteiger partial charge in [-0.05, 0) is 36.8 Å². The van der Waals surface area contributed by atoms with Crippen LogP contribution >= 0.6 is 0 Å². The Morgan fingerprint density at radius 3 is 2.75 bits per heavy atom. The molecular weight excluding hydrogens is 248 g/mol. The van der Waals surface area contributed by atoms with E-state index < -0.39 is 0 Å². The first-order chi connectivity index (χ1) is 9.76. The number of aromatic nitrogens is 1. The second kappa shape index (κ2) is 5.31. The van der Waals surface area contributed by atoms with Crippen molar-refractivity contribution in [2.75, 3.05) is 5.32 Å². The number of para-hydroxylation sites is 1. The maximum Gasteiger partial charge on any atom is 0.0726 e. The van der Waals surface area contributed by atoms with Crippen molar-refractivity contribution in [2.45, 2.75) is 13.5 Å². The summed E-state index contributed by atoms with van der Waals surface area (Å²) < 4.78 is 0. The molecule has 2 aromatic carbocycles. The smallest absolute Gasteiger partial charge is 0.0726 e. The van der Waals surface area contributed by atoms with Gasteiger partial charge >= 0.3 is 0 Å². The standard InChI is InChI=1S/C17H16N2O/c1-12-9-17(15-7-2-3-8-16(15)18-12)19-14-6-4-5-13(10-14)11-20/h2-10,20H,11H2,1H3,(H,18,19). The van der Waals surface area contributed by atoms with Crippen molar-refractivity contribution < 1.29 is 5.11 Å². The van der Waals surface area contributed by atoms with E-state index in [9.17, 15) is 5.11 Å². The molecule has 1 aromatic heterocycles. The largest absolute Gasteiger partial charge is 0.392 e. The summed E-state index contributed by atoms with van der Waals surface area (Å²) in [5.74, 6) is 0. The van der Waals surface area contributed by atoms with Crippen LogP contribution in [0.15, 0.2) is 54.6 Å². The molecule has 0 radical (unpaired) electrons. The number of nitrogens with one attached hydrogen (secondary N) is 1. The number of benzene rings is 2. The number of aliphatic hydroxyl groups is 1. The monoisotopic (exact) mass is 264 g/mol. The number of rotatable bonds is 3. The van der Waals surface area contributed by atoms with Crippen molar-refractivity contribution in [1.82, 2.24) is 4.98 Å². The van der Waals surface area contributed by atoms with E-state index in [0.717, 1.165) is 33.5 Å². The van der Waals surface area contributed by atoms with Crippen LogP contribution in [0.25, 0.3) is 10.9 Å². The first kappa shape index (κ1) is 12.6. The van der Waals surface area contributed by atoms with E-state index in [-0.39, 0.29) is 6.61 Å². The fourth-order valence-corrected chi connectivity index (χ4v) is 2.31. The zero-order valence-corrected chi connectivity index (χ0v) is 11.3. The van der Waals surface area contributed by atoms with Crippen LogP contribution in [-0.2, 0) is 6.61 Å². The molecule has 0 bridgehead atoms. The van der Waals surface area contributed by atoms with E-state index in [2.05, 4.69) is 16.4 Å². The normalized spacial score (nSPS) is 10.7. The molecule has 3 nitrogen and oxygen atoms in total. The van der Waals surface area contributed by atoms with Gasteiger partial charge in [0.2, 0.25) is 0 Å². The van der Waals surface area contributed by atoms with Crippen LogP contribution in [0.5, 0.6) is 0 Å². The van der Waals surface area contributed by atoms with Crippen molar-refractivity contribution in [2.24, 2.45) is 0 Å². The highest BCUT2D eigenvalue weighted by atomic mass is 16.3. The zero-order chi connectivity index (χ0) is 13.9. The first-order valence-electron chi connectivity index (χ1n) is 6.59.